The molecule has 17 heavy (non-hydrogen) atoms. The molecule has 6 nitrogen and oxygen atoms in total. The lowest BCUT2D eigenvalue weighted by molar-refractivity contribution is 0.195. The van der Waals surface area contributed by atoms with Crippen molar-refractivity contribution in [1.82, 2.24) is 15.1 Å². The SMILES string of the molecule is Cc1nnc(NC(=O)N2CCC(N)CC2)s1.Cl. The Morgan fingerprint density at radius 2 is 2.12 bits per heavy atom. The predicted octanol–water partition coefficient (Wildman–Crippen LogP) is 1.22. The Balaban J connectivity index is 0.00000144. The number of aryl methyl sites for hydroxylation is 1. The number of piperidine rings is 1. The van der Waals surface area contributed by atoms with E-state index in [4.69, 9.17) is 5.73 Å². The summed E-state index contributed by atoms with van der Waals surface area (Å²) in [6.07, 6.45) is 1.73. The number of nitrogens with zero attached hydrogens (tertiary/aromatic N) is 3. The van der Waals surface area contributed by atoms with Gasteiger partial charge in [0.2, 0.25) is 5.13 Å². The van der Waals surface area contributed by atoms with Crippen molar-refractivity contribution >= 4 is 34.9 Å². The van der Waals surface area contributed by atoms with Crippen LogP contribution in [0, 0.1) is 6.92 Å². The zero-order valence-corrected chi connectivity index (χ0v) is 11.2. The van der Waals surface area contributed by atoms with Crippen molar-refractivity contribution < 1.29 is 4.79 Å². The molecule has 0 atom stereocenters. The minimum Gasteiger partial charge on any atom is -0.328 e. The van der Waals surface area contributed by atoms with Crippen molar-refractivity contribution in [3.8, 4) is 0 Å². The summed E-state index contributed by atoms with van der Waals surface area (Å²) in [5.74, 6) is 0. The van der Waals surface area contributed by atoms with Crippen molar-refractivity contribution in [3.05, 3.63) is 5.01 Å². The summed E-state index contributed by atoms with van der Waals surface area (Å²) in [4.78, 5) is 13.6. The number of rotatable bonds is 1. The molecule has 1 aromatic heterocycles. The Morgan fingerprint density at radius 3 is 2.65 bits per heavy atom. The van der Waals surface area contributed by atoms with Gasteiger partial charge in [-0.1, -0.05) is 11.3 Å². The van der Waals surface area contributed by atoms with Crippen molar-refractivity contribution in [3.63, 3.8) is 0 Å². The number of carbonyl (C=O) groups excluding carboxylic acids is 1. The van der Waals surface area contributed by atoms with Crippen molar-refractivity contribution in [1.29, 1.82) is 0 Å². The lowest BCUT2D eigenvalue weighted by Crippen LogP contribution is -2.44. The first-order chi connectivity index (χ1) is 7.65. The third-order valence-electron chi connectivity index (χ3n) is 2.57. The molecule has 0 unspecified atom stereocenters. The Bertz CT molecular complexity index is 377. The van der Waals surface area contributed by atoms with E-state index in [1.54, 1.807) is 4.90 Å². The minimum atomic E-state index is -0.108. The Kier molecular flexibility index (Phi) is 5.10. The maximum Gasteiger partial charge on any atom is 0.323 e. The average Bonchev–Trinajstić information content (AvgIpc) is 2.65. The molecule has 8 heteroatoms. The van der Waals surface area contributed by atoms with E-state index < -0.39 is 0 Å². The quantitative estimate of drug-likeness (QED) is 0.808. The highest BCUT2D eigenvalue weighted by molar-refractivity contribution is 7.15. The number of likely N-dealkylation sites (tertiary alicyclic amines) is 1. The van der Waals surface area contributed by atoms with E-state index >= 15 is 0 Å². The molecule has 2 amide bonds. The maximum absolute atomic E-state index is 11.8. The van der Waals surface area contributed by atoms with Crippen LogP contribution in [0.1, 0.15) is 17.8 Å². The highest BCUT2D eigenvalue weighted by Crippen LogP contribution is 2.15. The maximum atomic E-state index is 11.8. The second-order valence-corrected chi connectivity index (χ2v) is 5.06. The summed E-state index contributed by atoms with van der Waals surface area (Å²) in [5.41, 5.74) is 5.77. The lowest BCUT2D eigenvalue weighted by atomic mass is 10.1. The monoisotopic (exact) mass is 277 g/mol. The van der Waals surface area contributed by atoms with Crippen LogP contribution in [0.5, 0.6) is 0 Å². The summed E-state index contributed by atoms with van der Waals surface area (Å²) >= 11 is 1.38. The second kappa shape index (κ2) is 6.13. The van der Waals surface area contributed by atoms with Crippen LogP contribution in [0.2, 0.25) is 0 Å². The molecule has 1 aromatic rings. The fourth-order valence-electron chi connectivity index (χ4n) is 1.62. The molecule has 0 aromatic carbocycles. The van der Waals surface area contributed by atoms with Crippen LogP contribution >= 0.6 is 23.7 Å². The zero-order chi connectivity index (χ0) is 11.5. The second-order valence-electron chi connectivity index (χ2n) is 3.88. The van der Waals surface area contributed by atoms with Gasteiger partial charge in [0.25, 0.3) is 0 Å². The smallest absolute Gasteiger partial charge is 0.323 e. The van der Waals surface area contributed by atoms with Gasteiger partial charge in [0.15, 0.2) is 0 Å². The first-order valence-corrected chi connectivity index (χ1v) is 6.08. The molecule has 1 aliphatic heterocycles. The van der Waals surface area contributed by atoms with Gasteiger partial charge in [0.05, 0.1) is 0 Å². The molecule has 1 fully saturated rings. The van der Waals surface area contributed by atoms with E-state index in [9.17, 15) is 4.79 Å². The summed E-state index contributed by atoms with van der Waals surface area (Å²) in [7, 11) is 0. The molecule has 0 spiro atoms. The van der Waals surface area contributed by atoms with Crippen LogP contribution < -0.4 is 11.1 Å². The highest BCUT2D eigenvalue weighted by Gasteiger charge is 2.21. The number of hydrogen-bond donors (Lipinski definition) is 2. The third kappa shape index (κ3) is 3.79. The number of halogens is 1. The third-order valence-corrected chi connectivity index (χ3v) is 3.32. The van der Waals surface area contributed by atoms with Gasteiger partial charge in [-0.3, -0.25) is 5.32 Å². The van der Waals surface area contributed by atoms with Gasteiger partial charge in [0.1, 0.15) is 5.01 Å². The number of nitrogens with one attached hydrogen (secondary N) is 1. The van der Waals surface area contributed by atoms with Crippen molar-refractivity contribution in [2.75, 3.05) is 18.4 Å². The molecule has 1 saturated heterocycles. The van der Waals surface area contributed by atoms with E-state index in [-0.39, 0.29) is 24.5 Å². The number of carbonyl (C=O) groups is 1. The number of nitrogens with two attached hydrogens (primary N) is 1. The highest BCUT2D eigenvalue weighted by atomic mass is 35.5. The van der Waals surface area contributed by atoms with Gasteiger partial charge in [-0.05, 0) is 19.8 Å². The standard InChI is InChI=1S/C9H15N5OS.ClH/c1-6-12-13-8(16-6)11-9(15)14-4-2-7(10)3-5-14;/h7H,2-5,10H2,1H3,(H,11,13,15);1H. The van der Waals surface area contributed by atoms with Crippen LogP contribution in [0.3, 0.4) is 0 Å². The van der Waals surface area contributed by atoms with Gasteiger partial charge in [-0.25, -0.2) is 4.79 Å². The van der Waals surface area contributed by atoms with Crippen molar-refractivity contribution in [2.24, 2.45) is 5.73 Å². The average molecular weight is 278 g/mol. The normalized spacial score (nSPS) is 16.5. The number of hydrogen-bond acceptors (Lipinski definition) is 5. The fraction of sp³-hybridized carbons (Fsp3) is 0.667. The van der Waals surface area contributed by atoms with E-state index in [0.29, 0.717) is 18.2 Å². The van der Waals surface area contributed by atoms with Gasteiger partial charge in [-0.2, -0.15) is 0 Å². The lowest BCUT2D eigenvalue weighted by Gasteiger charge is -2.29. The van der Waals surface area contributed by atoms with Crippen molar-refractivity contribution in [2.45, 2.75) is 25.8 Å². The molecule has 0 radical (unpaired) electrons. The Hall–Kier alpha value is -0.920. The zero-order valence-electron chi connectivity index (χ0n) is 9.55. The van der Waals surface area contributed by atoms with Crippen LogP contribution in [0.15, 0.2) is 0 Å². The molecule has 2 heterocycles. The number of urea groups is 1. The van der Waals surface area contributed by atoms with Gasteiger partial charge in [-0.15, -0.1) is 22.6 Å². The first-order valence-electron chi connectivity index (χ1n) is 5.27. The van der Waals surface area contributed by atoms with Gasteiger partial charge in [0, 0.05) is 19.1 Å². The molecule has 0 bridgehead atoms. The molecule has 1 aliphatic rings. The molecule has 3 N–H and O–H groups in total. The number of anilines is 1. The summed E-state index contributed by atoms with van der Waals surface area (Å²) < 4.78 is 0. The Morgan fingerprint density at radius 1 is 1.47 bits per heavy atom. The topological polar surface area (TPSA) is 84.1 Å². The molecular weight excluding hydrogens is 262 g/mol. The summed E-state index contributed by atoms with van der Waals surface area (Å²) in [6, 6.07) is 0.121. The van der Waals surface area contributed by atoms with Gasteiger partial charge >= 0.3 is 6.03 Å². The number of amides is 2. The largest absolute Gasteiger partial charge is 0.328 e. The van der Waals surface area contributed by atoms with E-state index in [0.717, 1.165) is 17.8 Å². The molecule has 2 rings (SSSR count). The van der Waals surface area contributed by atoms with Crippen LogP contribution in [0.25, 0.3) is 0 Å². The van der Waals surface area contributed by atoms with Crippen LogP contribution in [0.4, 0.5) is 9.93 Å². The summed E-state index contributed by atoms with van der Waals surface area (Å²) in [6.45, 7) is 3.28. The fourth-order valence-corrected chi connectivity index (χ4v) is 2.20. The van der Waals surface area contributed by atoms with Gasteiger partial charge < -0.3 is 10.6 Å². The Labute approximate surface area is 110 Å². The van der Waals surface area contributed by atoms with E-state index in [1.165, 1.54) is 11.3 Å². The molecule has 96 valence electrons. The minimum absolute atomic E-state index is 0. The summed E-state index contributed by atoms with van der Waals surface area (Å²) in [5, 5.41) is 11.8. The molecule has 0 saturated carbocycles. The first kappa shape index (κ1) is 14.1. The van der Waals surface area contributed by atoms with Crippen LogP contribution in [-0.2, 0) is 0 Å². The predicted molar refractivity (Wildman–Crippen MR) is 69.7 cm³/mol. The molecule has 0 aliphatic carbocycles. The van der Waals surface area contributed by atoms with E-state index in [1.807, 2.05) is 6.92 Å². The van der Waals surface area contributed by atoms with Crippen LogP contribution in [-0.4, -0.2) is 40.3 Å². The molecular formula is C9H16ClN5OS. The number of aromatic nitrogens is 2. The van der Waals surface area contributed by atoms with E-state index in [2.05, 4.69) is 15.5 Å².